The first-order valence-corrected chi connectivity index (χ1v) is 7.14. The Kier molecular flexibility index (Phi) is 3.04. The molecule has 1 aromatic carbocycles. The standard InChI is InChI=1S/C16H19NO3/c1-16(15(19)20)7-8-17(10-16)14(18)13-6-5-11-3-2-4-12(11)9-13/h5-6,9H,2-4,7-8,10H2,1H3,(H,19,20)/t16-/m1/s1. The molecule has 20 heavy (non-hydrogen) atoms. The van der Waals surface area contributed by atoms with Gasteiger partial charge in [-0.3, -0.25) is 9.59 Å². The summed E-state index contributed by atoms with van der Waals surface area (Å²) in [6.45, 7) is 2.54. The number of rotatable bonds is 2. The van der Waals surface area contributed by atoms with Crippen LogP contribution in [-0.2, 0) is 17.6 Å². The fourth-order valence-corrected chi connectivity index (χ4v) is 3.20. The van der Waals surface area contributed by atoms with E-state index in [1.165, 1.54) is 11.1 Å². The highest BCUT2D eigenvalue weighted by Crippen LogP contribution is 2.31. The van der Waals surface area contributed by atoms with Crippen molar-refractivity contribution in [2.24, 2.45) is 5.41 Å². The van der Waals surface area contributed by atoms with Crippen molar-refractivity contribution >= 4 is 11.9 Å². The molecule has 106 valence electrons. The molecule has 0 radical (unpaired) electrons. The molecule has 4 heteroatoms. The van der Waals surface area contributed by atoms with Gasteiger partial charge in [0.1, 0.15) is 0 Å². The fourth-order valence-electron chi connectivity index (χ4n) is 3.20. The van der Waals surface area contributed by atoms with E-state index >= 15 is 0 Å². The van der Waals surface area contributed by atoms with E-state index in [0.717, 1.165) is 19.3 Å². The van der Waals surface area contributed by atoms with E-state index in [0.29, 0.717) is 25.1 Å². The maximum Gasteiger partial charge on any atom is 0.311 e. The minimum Gasteiger partial charge on any atom is -0.481 e. The number of likely N-dealkylation sites (tertiary alicyclic amines) is 1. The van der Waals surface area contributed by atoms with Gasteiger partial charge in [0, 0.05) is 18.7 Å². The lowest BCUT2D eigenvalue weighted by atomic mass is 9.90. The first-order valence-electron chi connectivity index (χ1n) is 7.14. The summed E-state index contributed by atoms with van der Waals surface area (Å²) >= 11 is 0. The molecule has 1 atom stereocenters. The van der Waals surface area contributed by atoms with E-state index in [1.807, 2.05) is 18.2 Å². The SMILES string of the molecule is C[C@@]1(C(=O)O)CCN(C(=O)c2ccc3c(c2)CCC3)C1. The number of carbonyl (C=O) groups excluding carboxylic acids is 1. The van der Waals surface area contributed by atoms with Crippen LogP contribution in [0.4, 0.5) is 0 Å². The Labute approximate surface area is 118 Å². The lowest BCUT2D eigenvalue weighted by Crippen LogP contribution is -2.34. The second-order valence-electron chi connectivity index (χ2n) is 6.18. The maximum absolute atomic E-state index is 12.5. The van der Waals surface area contributed by atoms with E-state index in [9.17, 15) is 14.7 Å². The third-order valence-corrected chi connectivity index (χ3v) is 4.62. The minimum absolute atomic E-state index is 0.0373. The van der Waals surface area contributed by atoms with Gasteiger partial charge in [-0.2, -0.15) is 0 Å². The van der Waals surface area contributed by atoms with E-state index in [-0.39, 0.29) is 5.91 Å². The molecule has 1 amide bonds. The summed E-state index contributed by atoms with van der Waals surface area (Å²) in [6.07, 6.45) is 3.83. The van der Waals surface area contributed by atoms with Gasteiger partial charge in [0.25, 0.3) is 5.91 Å². The first-order chi connectivity index (χ1) is 9.49. The minimum atomic E-state index is -0.818. The Morgan fingerprint density at radius 2 is 2.00 bits per heavy atom. The monoisotopic (exact) mass is 273 g/mol. The van der Waals surface area contributed by atoms with E-state index in [2.05, 4.69) is 0 Å². The number of carbonyl (C=O) groups is 2. The zero-order valence-electron chi connectivity index (χ0n) is 11.7. The van der Waals surface area contributed by atoms with Crippen LogP contribution in [0.3, 0.4) is 0 Å². The van der Waals surface area contributed by atoms with Gasteiger partial charge in [-0.05, 0) is 55.9 Å². The predicted octanol–water partition coefficient (Wildman–Crippen LogP) is 2.11. The summed E-state index contributed by atoms with van der Waals surface area (Å²) < 4.78 is 0. The van der Waals surface area contributed by atoms with Gasteiger partial charge in [0.2, 0.25) is 0 Å². The maximum atomic E-state index is 12.5. The average Bonchev–Trinajstić information content (AvgIpc) is 3.04. The number of aryl methyl sites for hydroxylation is 2. The van der Waals surface area contributed by atoms with Gasteiger partial charge in [0.05, 0.1) is 5.41 Å². The second-order valence-corrected chi connectivity index (χ2v) is 6.18. The van der Waals surface area contributed by atoms with Crippen molar-refractivity contribution in [2.45, 2.75) is 32.6 Å². The number of hydrogen-bond acceptors (Lipinski definition) is 2. The van der Waals surface area contributed by atoms with Crippen molar-refractivity contribution in [1.82, 2.24) is 4.90 Å². The fraction of sp³-hybridized carbons (Fsp3) is 0.500. The van der Waals surface area contributed by atoms with Crippen LogP contribution < -0.4 is 0 Å². The van der Waals surface area contributed by atoms with Crippen LogP contribution >= 0.6 is 0 Å². The van der Waals surface area contributed by atoms with Crippen LogP contribution in [0.15, 0.2) is 18.2 Å². The summed E-state index contributed by atoms with van der Waals surface area (Å²) in [5.41, 5.74) is 2.52. The van der Waals surface area contributed by atoms with Crippen molar-refractivity contribution < 1.29 is 14.7 Å². The Morgan fingerprint density at radius 3 is 2.70 bits per heavy atom. The van der Waals surface area contributed by atoms with Crippen molar-refractivity contribution in [1.29, 1.82) is 0 Å². The van der Waals surface area contributed by atoms with Crippen molar-refractivity contribution in [3.63, 3.8) is 0 Å². The molecule has 0 saturated carbocycles. The zero-order valence-corrected chi connectivity index (χ0v) is 11.7. The van der Waals surface area contributed by atoms with Crippen LogP contribution in [0.25, 0.3) is 0 Å². The third-order valence-electron chi connectivity index (χ3n) is 4.62. The first kappa shape index (κ1) is 13.2. The molecule has 0 aromatic heterocycles. The number of nitrogens with zero attached hydrogens (tertiary/aromatic N) is 1. The predicted molar refractivity (Wildman–Crippen MR) is 74.7 cm³/mol. The summed E-state index contributed by atoms with van der Waals surface area (Å²) in [7, 11) is 0. The van der Waals surface area contributed by atoms with E-state index in [4.69, 9.17) is 0 Å². The molecule has 0 spiro atoms. The van der Waals surface area contributed by atoms with Crippen LogP contribution in [0.1, 0.15) is 41.3 Å². The number of carboxylic acid groups (broad SMARTS) is 1. The number of amides is 1. The highest BCUT2D eigenvalue weighted by molar-refractivity contribution is 5.95. The van der Waals surface area contributed by atoms with Gasteiger partial charge in [-0.25, -0.2) is 0 Å². The lowest BCUT2D eigenvalue weighted by Gasteiger charge is -2.20. The second kappa shape index (κ2) is 4.62. The summed E-state index contributed by atoms with van der Waals surface area (Å²) in [5.74, 6) is -0.855. The van der Waals surface area contributed by atoms with Gasteiger partial charge < -0.3 is 10.0 Å². The van der Waals surface area contributed by atoms with Crippen molar-refractivity contribution in [3.8, 4) is 0 Å². The van der Waals surface area contributed by atoms with Crippen molar-refractivity contribution in [3.05, 3.63) is 34.9 Å². The summed E-state index contributed by atoms with van der Waals surface area (Å²) in [4.78, 5) is 25.4. The van der Waals surface area contributed by atoms with E-state index < -0.39 is 11.4 Å². The molecule has 2 aliphatic rings. The lowest BCUT2D eigenvalue weighted by molar-refractivity contribution is -0.147. The van der Waals surface area contributed by atoms with Crippen LogP contribution in [0.5, 0.6) is 0 Å². The molecule has 1 saturated heterocycles. The van der Waals surface area contributed by atoms with Crippen LogP contribution in [0, 0.1) is 5.41 Å². The molecule has 1 fully saturated rings. The van der Waals surface area contributed by atoms with Gasteiger partial charge in [-0.15, -0.1) is 0 Å². The normalized spacial score (nSPS) is 24.8. The molecule has 1 heterocycles. The smallest absolute Gasteiger partial charge is 0.311 e. The summed E-state index contributed by atoms with van der Waals surface area (Å²) in [5, 5.41) is 9.23. The molecule has 1 aromatic rings. The average molecular weight is 273 g/mol. The van der Waals surface area contributed by atoms with Crippen molar-refractivity contribution in [2.75, 3.05) is 13.1 Å². The van der Waals surface area contributed by atoms with Gasteiger partial charge in [-0.1, -0.05) is 6.07 Å². The number of benzene rings is 1. The van der Waals surface area contributed by atoms with E-state index in [1.54, 1.807) is 11.8 Å². The van der Waals surface area contributed by atoms with Gasteiger partial charge in [0.15, 0.2) is 0 Å². The van der Waals surface area contributed by atoms with Crippen LogP contribution in [0.2, 0.25) is 0 Å². The largest absolute Gasteiger partial charge is 0.481 e. The molecule has 4 nitrogen and oxygen atoms in total. The Hall–Kier alpha value is -1.84. The summed E-state index contributed by atoms with van der Waals surface area (Å²) in [6, 6.07) is 5.91. The topological polar surface area (TPSA) is 57.6 Å². The van der Waals surface area contributed by atoms with Crippen LogP contribution in [-0.4, -0.2) is 35.0 Å². The third kappa shape index (κ3) is 2.09. The Bertz CT molecular complexity index is 581. The number of fused-ring (bicyclic) bond motifs is 1. The molecule has 0 unspecified atom stereocenters. The number of hydrogen-bond donors (Lipinski definition) is 1. The molecular formula is C16H19NO3. The zero-order chi connectivity index (χ0) is 14.3. The number of carboxylic acids is 1. The Balaban J connectivity index is 1.79. The quantitative estimate of drug-likeness (QED) is 0.898. The molecule has 1 aliphatic heterocycles. The molecule has 0 bridgehead atoms. The van der Waals surface area contributed by atoms with Gasteiger partial charge >= 0.3 is 5.97 Å². The molecule has 1 aliphatic carbocycles. The molecule has 3 rings (SSSR count). The molecule has 1 N–H and O–H groups in total. The highest BCUT2D eigenvalue weighted by Gasteiger charge is 2.42. The molecular weight excluding hydrogens is 254 g/mol. The Morgan fingerprint density at radius 1 is 1.25 bits per heavy atom. The number of aliphatic carboxylic acids is 1. The highest BCUT2D eigenvalue weighted by atomic mass is 16.4.